The molecule has 0 heterocycles. The lowest BCUT2D eigenvalue weighted by atomic mass is 9.95. The standard InChI is InChI=1S/C18H22OSi/c1-14-7-3-5-9-16(14)13-17(11-12-19-20)18-10-6-4-8-15(18)2/h3-10,13H,11-12H2,1-2,20H3. The third-order valence-electron chi connectivity index (χ3n) is 3.58. The van der Waals surface area contributed by atoms with Crippen molar-refractivity contribution in [2.45, 2.75) is 20.3 Å². The smallest absolute Gasteiger partial charge is 0.145 e. The molecule has 0 aliphatic heterocycles. The van der Waals surface area contributed by atoms with Crippen molar-refractivity contribution in [3.05, 3.63) is 70.8 Å². The second kappa shape index (κ2) is 7.22. The van der Waals surface area contributed by atoms with Gasteiger partial charge in [-0.05, 0) is 48.1 Å². The maximum Gasteiger partial charge on any atom is 0.145 e. The Morgan fingerprint density at radius 1 is 1.00 bits per heavy atom. The summed E-state index contributed by atoms with van der Waals surface area (Å²) in [6, 6.07) is 17.1. The molecule has 1 nitrogen and oxygen atoms in total. The summed E-state index contributed by atoms with van der Waals surface area (Å²) in [5, 5.41) is 0. The second-order valence-corrected chi connectivity index (χ2v) is 5.66. The van der Waals surface area contributed by atoms with Crippen LogP contribution in [-0.4, -0.2) is 17.1 Å². The van der Waals surface area contributed by atoms with Crippen LogP contribution in [0.1, 0.15) is 28.7 Å². The van der Waals surface area contributed by atoms with Crippen LogP contribution in [0.2, 0.25) is 0 Å². The number of hydrogen-bond donors (Lipinski definition) is 0. The SMILES string of the molecule is Cc1ccccc1C=C(CCO[SiH3])c1ccccc1C. The Labute approximate surface area is 124 Å². The average molecular weight is 282 g/mol. The van der Waals surface area contributed by atoms with E-state index in [1.54, 1.807) is 0 Å². The van der Waals surface area contributed by atoms with Crippen molar-refractivity contribution in [2.75, 3.05) is 6.61 Å². The van der Waals surface area contributed by atoms with Gasteiger partial charge in [-0.3, -0.25) is 0 Å². The van der Waals surface area contributed by atoms with Gasteiger partial charge < -0.3 is 4.43 Å². The van der Waals surface area contributed by atoms with Gasteiger partial charge in [-0.15, -0.1) is 0 Å². The third-order valence-corrected chi connectivity index (χ3v) is 3.99. The van der Waals surface area contributed by atoms with E-state index in [0.717, 1.165) is 23.5 Å². The Hall–Kier alpha value is -1.64. The molecule has 0 spiro atoms. The van der Waals surface area contributed by atoms with Crippen LogP contribution in [0.15, 0.2) is 48.5 Å². The molecule has 2 heteroatoms. The Morgan fingerprint density at radius 3 is 2.30 bits per heavy atom. The van der Waals surface area contributed by atoms with Gasteiger partial charge >= 0.3 is 0 Å². The van der Waals surface area contributed by atoms with Gasteiger partial charge in [-0.25, -0.2) is 0 Å². The molecule has 0 bridgehead atoms. The van der Waals surface area contributed by atoms with Crippen LogP contribution < -0.4 is 0 Å². The highest BCUT2D eigenvalue weighted by atomic mass is 28.2. The van der Waals surface area contributed by atoms with Crippen molar-refractivity contribution in [1.82, 2.24) is 0 Å². The first-order valence-electron chi connectivity index (χ1n) is 7.03. The van der Waals surface area contributed by atoms with Crippen molar-refractivity contribution >= 4 is 22.1 Å². The summed E-state index contributed by atoms with van der Waals surface area (Å²) in [7, 11) is 0.799. The zero-order valence-electron chi connectivity index (χ0n) is 12.5. The zero-order valence-corrected chi connectivity index (χ0v) is 14.5. The van der Waals surface area contributed by atoms with Crippen molar-refractivity contribution < 1.29 is 4.43 Å². The molecule has 2 aromatic carbocycles. The molecule has 0 saturated heterocycles. The molecule has 0 N–H and O–H groups in total. The van der Waals surface area contributed by atoms with Crippen LogP contribution in [0.3, 0.4) is 0 Å². The van der Waals surface area contributed by atoms with Gasteiger partial charge in [0, 0.05) is 6.61 Å². The minimum Gasteiger partial charge on any atom is -0.428 e. The first kappa shape index (κ1) is 14.8. The quantitative estimate of drug-likeness (QED) is 0.602. The van der Waals surface area contributed by atoms with E-state index < -0.39 is 0 Å². The molecule has 104 valence electrons. The summed E-state index contributed by atoms with van der Waals surface area (Å²) in [6.07, 6.45) is 3.26. The van der Waals surface area contributed by atoms with Gasteiger partial charge in [0.15, 0.2) is 0 Å². The van der Waals surface area contributed by atoms with Crippen LogP contribution in [0.4, 0.5) is 0 Å². The molecule has 2 rings (SSSR count). The van der Waals surface area contributed by atoms with Crippen LogP contribution in [0, 0.1) is 13.8 Å². The molecule has 0 atom stereocenters. The summed E-state index contributed by atoms with van der Waals surface area (Å²) >= 11 is 0. The van der Waals surface area contributed by atoms with Gasteiger partial charge in [0.2, 0.25) is 0 Å². The van der Waals surface area contributed by atoms with Gasteiger partial charge in [0.1, 0.15) is 10.5 Å². The predicted molar refractivity (Wildman–Crippen MR) is 90.7 cm³/mol. The monoisotopic (exact) mass is 282 g/mol. The topological polar surface area (TPSA) is 9.23 Å². The predicted octanol–water partition coefficient (Wildman–Crippen LogP) is 3.53. The van der Waals surface area contributed by atoms with Crippen LogP contribution in [-0.2, 0) is 4.43 Å². The Morgan fingerprint density at radius 2 is 1.65 bits per heavy atom. The fraction of sp³-hybridized carbons (Fsp3) is 0.222. The molecule has 0 radical (unpaired) electrons. The summed E-state index contributed by atoms with van der Waals surface area (Å²) in [4.78, 5) is 0. The molecular formula is C18H22OSi. The number of hydrogen-bond acceptors (Lipinski definition) is 1. The molecule has 20 heavy (non-hydrogen) atoms. The first-order chi connectivity index (χ1) is 9.72. The van der Waals surface area contributed by atoms with E-state index in [4.69, 9.17) is 4.43 Å². The molecular weight excluding hydrogens is 260 g/mol. The maximum atomic E-state index is 5.40. The van der Waals surface area contributed by atoms with E-state index >= 15 is 0 Å². The highest BCUT2D eigenvalue weighted by molar-refractivity contribution is 5.98. The van der Waals surface area contributed by atoms with E-state index in [9.17, 15) is 0 Å². The minimum atomic E-state index is 0.799. The second-order valence-electron chi connectivity index (χ2n) is 5.08. The molecule has 0 aliphatic rings. The van der Waals surface area contributed by atoms with Gasteiger partial charge in [0.25, 0.3) is 0 Å². The summed E-state index contributed by atoms with van der Waals surface area (Å²) in [5.74, 6) is 0. The highest BCUT2D eigenvalue weighted by Crippen LogP contribution is 2.25. The van der Waals surface area contributed by atoms with Gasteiger partial charge in [-0.1, -0.05) is 54.6 Å². The molecule has 2 aromatic rings. The number of aryl methyl sites for hydroxylation is 2. The summed E-state index contributed by atoms with van der Waals surface area (Å²) in [6.45, 7) is 5.13. The molecule has 0 aromatic heterocycles. The van der Waals surface area contributed by atoms with E-state index in [1.165, 1.54) is 27.8 Å². The lowest BCUT2D eigenvalue weighted by molar-refractivity contribution is 0.360. The van der Waals surface area contributed by atoms with E-state index in [0.29, 0.717) is 0 Å². The molecule has 0 aliphatic carbocycles. The molecule has 0 unspecified atom stereocenters. The van der Waals surface area contributed by atoms with E-state index in [1.807, 2.05) is 0 Å². The van der Waals surface area contributed by atoms with Gasteiger partial charge in [-0.2, -0.15) is 0 Å². The maximum absolute atomic E-state index is 5.40. The lowest BCUT2D eigenvalue weighted by Crippen LogP contribution is -1.96. The highest BCUT2D eigenvalue weighted by Gasteiger charge is 2.05. The molecule has 0 fully saturated rings. The zero-order chi connectivity index (χ0) is 14.4. The summed E-state index contributed by atoms with van der Waals surface area (Å²) in [5.41, 5.74) is 6.60. The number of benzene rings is 2. The number of rotatable bonds is 5. The Kier molecular flexibility index (Phi) is 5.33. The fourth-order valence-electron chi connectivity index (χ4n) is 2.37. The first-order valence-corrected chi connectivity index (χ1v) is 7.85. The fourth-order valence-corrected chi connectivity index (χ4v) is 2.57. The van der Waals surface area contributed by atoms with E-state index in [2.05, 4.69) is 68.5 Å². The van der Waals surface area contributed by atoms with Crippen molar-refractivity contribution in [2.24, 2.45) is 0 Å². The largest absolute Gasteiger partial charge is 0.428 e. The molecule has 0 amide bonds. The van der Waals surface area contributed by atoms with Crippen molar-refractivity contribution in [3.63, 3.8) is 0 Å². The third kappa shape index (κ3) is 3.68. The van der Waals surface area contributed by atoms with Crippen molar-refractivity contribution in [3.8, 4) is 0 Å². The van der Waals surface area contributed by atoms with Crippen LogP contribution in [0.5, 0.6) is 0 Å². The lowest BCUT2D eigenvalue weighted by Gasteiger charge is -2.12. The minimum absolute atomic E-state index is 0.799. The van der Waals surface area contributed by atoms with Crippen molar-refractivity contribution in [1.29, 1.82) is 0 Å². The van der Waals surface area contributed by atoms with Gasteiger partial charge in [0.05, 0.1) is 0 Å². The summed E-state index contributed by atoms with van der Waals surface area (Å²) < 4.78 is 5.40. The Balaban J connectivity index is 2.43. The van der Waals surface area contributed by atoms with Crippen LogP contribution >= 0.6 is 0 Å². The van der Waals surface area contributed by atoms with E-state index in [-0.39, 0.29) is 0 Å². The Bertz CT molecular complexity index is 602. The van der Waals surface area contributed by atoms with Crippen LogP contribution in [0.25, 0.3) is 11.6 Å². The molecule has 0 saturated carbocycles. The normalized spacial score (nSPS) is 11.8. The average Bonchev–Trinajstić information content (AvgIpc) is 2.46.